The zero-order valence-corrected chi connectivity index (χ0v) is 11.1. The fraction of sp³-hybridized carbons (Fsp3) is 0.615. The van der Waals surface area contributed by atoms with E-state index in [4.69, 9.17) is 10.5 Å². The van der Waals surface area contributed by atoms with Gasteiger partial charge >= 0.3 is 0 Å². The van der Waals surface area contributed by atoms with Crippen molar-refractivity contribution in [3.63, 3.8) is 0 Å². The molecule has 0 amide bonds. The van der Waals surface area contributed by atoms with E-state index in [9.17, 15) is 0 Å². The Labute approximate surface area is 107 Å². The van der Waals surface area contributed by atoms with Crippen molar-refractivity contribution in [3.05, 3.63) is 23.9 Å². The van der Waals surface area contributed by atoms with Gasteiger partial charge in [0.25, 0.3) is 0 Å². The smallest absolute Gasteiger partial charge is 0.0995 e. The van der Waals surface area contributed by atoms with Gasteiger partial charge in [-0.2, -0.15) is 0 Å². The summed E-state index contributed by atoms with van der Waals surface area (Å²) in [5, 5.41) is 1.79. The van der Waals surface area contributed by atoms with Crippen molar-refractivity contribution in [2.75, 3.05) is 13.2 Å². The maximum Gasteiger partial charge on any atom is 0.0995 e. The molecule has 0 bridgehead atoms. The molecule has 2 rings (SSSR count). The first-order valence-corrected chi connectivity index (χ1v) is 7.07. The van der Waals surface area contributed by atoms with E-state index >= 15 is 0 Å². The van der Waals surface area contributed by atoms with E-state index in [2.05, 4.69) is 11.1 Å². The van der Waals surface area contributed by atoms with Crippen LogP contribution in [-0.2, 0) is 11.2 Å². The van der Waals surface area contributed by atoms with E-state index in [1.165, 1.54) is 5.56 Å². The first-order valence-electron chi connectivity index (χ1n) is 6.19. The molecule has 3 nitrogen and oxygen atoms in total. The molecular weight excluding hydrogens is 232 g/mol. The first-order chi connectivity index (χ1) is 8.25. The lowest BCUT2D eigenvalue weighted by Gasteiger charge is -2.22. The quantitative estimate of drug-likeness (QED) is 0.893. The highest BCUT2D eigenvalue weighted by molar-refractivity contribution is 7.99. The van der Waals surface area contributed by atoms with E-state index in [1.54, 1.807) is 0 Å². The monoisotopic (exact) mass is 252 g/mol. The minimum absolute atomic E-state index is 0.188. The lowest BCUT2D eigenvalue weighted by molar-refractivity contribution is 0.1000. The van der Waals surface area contributed by atoms with Gasteiger partial charge < -0.3 is 10.5 Å². The van der Waals surface area contributed by atoms with Crippen molar-refractivity contribution in [2.45, 2.75) is 42.5 Å². The van der Waals surface area contributed by atoms with Crippen LogP contribution < -0.4 is 5.73 Å². The van der Waals surface area contributed by atoms with Crippen LogP contribution in [0.5, 0.6) is 0 Å². The highest BCUT2D eigenvalue weighted by atomic mass is 32.2. The largest absolute Gasteiger partial charge is 0.381 e. The molecular formula is C13H20N2OS. The highest BCUT2D eigenvalue weighted by Gasteiger charge is 2.17. The van der Waals surface area contributed by atoms with Crippen LogP contribution in [0.2, 0.25) is 0 Å². The first kappa shape index (κ1) is 12.9. The van der Waals surface area contributed by atoms with Crippen LogP contribution in [0.4, 0.5) is 0 Å². The van der Waals surface area contributed by atoms with Crippen molar-refractivity contribution in [2.24, 2.45) is 5.73 Å². The molecule has 4 heteroatoms. The lowest BCUT2D eigenvalue weighted by atomic mass is 10.1. The van der Waals surface area contributed by atoms with Gasteiger partial charge in [0.05, 0.1) is 5.03 Å². The summed E-state index contributed by atoms with van der Waals surface area (Å²) in [4.78, 5) is 4.49. The van der Waals surface area contributed by atoms with Crippen LogP contribution in [0.25, 0.3) is 0 Å². The normalized spacial score (nSPS) is 19.2. The molecule has 1 aliphatic heterocycles. The summed E-state index contributed by atoms with van der Waals surface area (Å²) in [5.74, 6) is 0. The van der Waals surface area contributed by atoms with Crippen LogP contribution >= 0.6 is 11.8 Å². The van der Waals surface area contributed by atoms with E-state index < -0.39 is 0 Å². The van der Waals surface area contributed by atoms with Gasteiger partial charge in [-0.05, 0) is 37.8 Å². The number of ether oxygens (including phenoxy) is 1. The van der Waals surface area contributed by atoms with Crippen molar-refractivity contribution in [1.29, 1.82) is 0 Å². The highest BCUT2D eigenvalue weighted by Crippen LogP contribution is 2.30. The molecule has 1 aliphatic rings. The molecule has 2 heterocycles. The minimum Gasteiger partial charge on any atom is -0.381 e. The van der Waals surface area contributed by atoms with Crippen LogP contribution in [-0.4, -0.2) is 29.5 Å². The van der Waals surface area contributed by atoms with Crippen molar-refractivity contribution >= 4 is 11.8 Å². The third-order valence-electron chi connectivity index (χ3n) is 2.84. The van der Waals surface area contributed by atoms with E-state index in [0.717, 1.165) is 37.5 Å². The Kier molecular flexibility index (Phi) is 4.83. The van der Waals surface area contributed by atoms with Gasteiger partial charge in [-0.15, -0.1) is 11.8 Å². The Morgan fingerprint density at radius 1 is 1.53 bits per heavy atom. The minimum atomic E-state index is 0.188. The maximum absolute atomic E-state index is 5.87. The molecule has 94 valence electrons. The van der Waals surface area contributed by atoms with Gasteiger partial charge in [0.2, 0.25) is 0 Å². The summed E-state index contributed by atoms with van der Waals surface area (Å²) < 4.78 is 5.38. The van der Waals surface area contributed by atoms with Crippen LogP contribution in [0.3, 0.4) is 0 Å². The summed E-state index contributed by atoms with van der Waals surface area (Å²) in [6.45, 7) is 3.80. The van der Waals surface area contributed by atoms with Crippen LogP contribution in [0.1, 0.15) is 25.3 Å². The predicted octanol–water partition coefficient (Wildman–Crippen LogP) is 2.24. The van der Waals surface area contributed by atoms with Gasteiger partial charge in [-0.3, -0.25) is 0 Å². The molecule has 1 unspecified atom stereocenters. The molecule has 0 aromatic carbocycles. The number of thioether (sulfide) groups is 1. The van der Waals surface area contributed by atoms with Crippen LogP contribution in [0.15, 0.2) is 23.4 Å². The summed E-state index contributed by atoms with van der Waals surface area (Å²) in [5.41, 5.74) is 7.15. The Morgan fingerprint density at radius 2 is 2.29 bits per heavy atom. The number of nitrogens with two attached hydrogens (primary N) is 1. The zero-order chi connectivity index (χ0) is 12.1. The Morgan fingerprint density at radius 3 is 3.00 bits per heavy atom. The van der Waals surface area contributed by atoms with Crippen molar-refractivity contribution in [3.8, 4) is 0 Å². The second-order valence-electron chi connectivity index (χ2n) is 4.58. The fourth-order valence-electron chi connectivity index (χ4n) is 1.98. The SMILES string of the molecule is CC(N)Cc1cccnc1SC1CCOCC1. The number of hydrogen-bond donors (Lipinski definition) is 1. The number of rotatable bonds is 4. The van der Waals surface area contributed by atoms with Crippen LogP contribution in [0, 0.1) is 0 Å². The number of hydrogen-bond acceptors (Lipinski definition) is 4. The fourth-order valence-corrected chi connectivity index (χ4v) is 3.15. The summed E-state index contributed by atoms with van der Waals surface area (Å²) >= 11 is 1.89. The Balaban J connectivity index is 2.03. The molecule has 1 aromatic heterocycles. The summed E-state index contributed by atoms with van der Waals surface area (Å²) in [6, 6.07) is 4.32. The average Bonchev–Trinajstić information content (AvgIpc) is 2.32. The van der Waals surface area contributed by atoms with E-state index in [-0.39, 0.29) is 6.04 Å². The molecule has 0 spiro atoms. The molecule has 1 atom stereocenters. The lowest BCUT2D eigenvalue weighted by Crippen LogP contribution is -2.20. The summed E-state index contributed by atoms with van der Waals surface area (Å²) in [6.07, 6.45) is 5.02. The standard InChI is InChI=1S/C13H20N2OS/c1-10(14)9-11-3-2-6-15-13(11)17-12-4-7-16-8-5-12/h2-3,6,10,12H,4-5,7-9,14H2,1H3. The third kappa shape index (κ3) is 3.98. The molecule has 1 saturated heterocycles. The Hall–Kier alpha value is -0.580. The third-order valence-corrected chi connectivity index (χ3v) is 4.23. The second-order valence-corrected chi connectivity index (χ2v) is 5.87. The van der Waals surface area contributed by atoms with Crippen molar-refractivity contribution in [1.82, 2.24) is 4.98 Å². The molecule has 1 aromatic rings. The number of pyridine rings is 1. The van der Waals surface area contributed by atoms with Gasteiger partial charge in [0, 0.05) is 30.7 Å². The molecule has 0 saturated carbocycles. The van der Waals surface area contributed by atoms with E-state index in [1.807, 2.05) is 30.9 Å². The second kappa shape index (κ2) is 6.38. The van der Waals surface area contributed by atoms with Gasteiger partial charge in [-0.1, -0.05) is 6.07 Å². The van der Waals surface area contributed by atoms with E-state index in [0.29, 0.717) is 5.25 Å². The topological polar surface area (TPSA) is 48.1 Å². The number of nitrogens with zero attached hydrogens (tertiary/aromatic N) is 1. The molecule has 17 heavy (non-hydrogen) atoms. The predicted molar refractivity (Wildman–Crippen MR) is 71.3 cm³/mol. The van der Waals surface area contributed by atoms with Crippen molar-refractivity contribution < 1.29 is 4.74 Å². The molecule has 0 aliphatic carbocycles. The molecule has 1 fully saturated rings. The Bertz CT molecular complexity index is 351. The summed E-state index contributed by atoms with van der Waals surface area (Å²) in [7, 11) is 0. The molecule has 0 radical (unpaired) electrons. The maximum atomic E-state index is 5.87. The average molecular weight is 252 g/mol. The van der Waals surface area contributed by atoms with Gasteiger partial charge in [-0.25, -0.2) is 4.98 Å². The van der Waals surface area contributed by atoms with Gasteiger partial charge in [0.15, 0.2) is 0 Å². The zero-order valence-electron chi connectivity index (χ0n) is 10.3. The molecule has 2 N–H and O–H groups in total. The number of aromatic nitrogens is 1. The van der Waals surface area contributed by atoms with Gasteiger partial charge in [0.1, 0.15) is 0 Å².